The molecule has 27 heavy (non-hydrogen) atoms. The van der Waals surface area contributed by atoms with Crippen LogP contribution in [0.4, 0.5) is 8.78 Å². The molecule has 0 aliphatic heterocycles. The molecule has 0 bridgehead atoms. The summed E-state index contributed by atoms with van der Waals surface area (Å²) < 4.78 is 32.1. The Hall–Kier alpha value is -2.84. The number of hydrogen-bond acceptors (Lipinski definition) is 5. The molecule has 140 valence electrons. The van der Waals surface area contributed by atoms with Gasteiger partial charge in [-0.3, -0.25) is 4.79 Å². The molecule has 0 atom stereocenters. The minimum absolute atomic E-state index is 0.0705. The van der Waals surface area contributed by atoms with Crippen LogP contribution in [-0.4, -0.2) is 29.1 Å². The molecule has 0 fully saturated rings. The molecule has 0 aliphatic rings. The van der Waals surface area contributed by atoms with E-state index >= 15 is 0 Å². The van der Waals surface area contributed by atoms with Crippen molar-refractivity contribution in [2.24, 2.45) is 0 Å². The lowest BCUT2D eigenvalue weighted by atomic mass is 10.1. The van der Waals surface area contributed by atoms with E-state index in [9.17, 15) is 13.6 Å². The number of rotatable bonds is 7. The number of nitrogens with zero attached hydrogens (tertiary/aromatic N) is 1. The van der Waals surface area contributed by atoms with E-state index in [-0.39, 0.29) is 30.6 Å². The zero-order valence-corrected chi connectivity index (χ0v) is 14.9. The molecule has 3 rings (SSSR count). The molecule has 5 nitrogen and oxygen atoms in total. The Morgan fingerprint density at radius 1 is 1.15 bits per heavy atom. The lowest BCUT2D eigenvalue weighted by molar-refractivity contribution is 0.0944. The topological polar surface area (TPSA) is 71.5 Å². The van der Waals surface area contributed by atoms with Gasteiger partial charge in [-0.25, -0.2) is 13.8 Å². The van der Waals surface area contributed by atoms with Gasteiger partial charge in [-0.1, -0.05) is 6.07 Å². The van der Waals surface area contributed by atoms with Gasteiger partial charge in [0.1, 0.15) is 24.0 Å². The van der Waals surface area contributed by atoms with Gasteiger partial charge < -0.3 is 15.2 Å². The average molecular weight is 390 g/mol. The molecule has 3 aromatic rings. The highest BCUT2D eigenvalue weighted by molar-refractivity contribution is 7.14. The number of hydrogen-bond donors (Lipinski definition) is 2. The number of halogens is 2. The van der Waals surface area contributed by atoms with E-state index in [1.165, 1.54) is 30.3 Å². The van der Waals surface area contributed by atoms with Gasteiger partial charge in [-0.05, 0) is 36.4 Å². The fraction of sp³-hybridized carbons (Fsp3) is 0.158. The molecule has 1 amide bonds. The number of carbonyl (C=O) groups excluding carboxylic acids is 1. The molecule has 2 aromatic carbocycles. The maximum absolute atomic E-state index is 13.3. The van der Waals surface area contributed by atoms with Crippen LogP contribution in [0, 0.1) is 11.6 Å². The number of aromatic nitrogens is 1. The number of nitrogens with one attached hydrogen (secondary N) is 1. The van der Waals surface area contributed by atoms with Crippen LogP contribution in [0.5, 0.6) is 5.75 Å². The maximum Gasteiger partial charge on any atom is 0.280 e. The Kier molecular flexibility index (Phi) is 6.10. The van der Waals surface area contributed by atoms with Crippen molar-refractivity contribution < 1.29 is 23.4 Å². The van der Waals surface area contributed by atoms with Gasteiger partial charge in [-0.2, -0.15) is 0 Å². The van der Waals surface area contributed by atoms with Crippen LogP contribution in [0.2, 0.25) is 0 Å². The standard InChI is InChI=1S/C19H16F2N2O3S/c20-13-6-4-12(5-7-13)17-16(11-26-15-3-1-2-14(21)10-15)27-19(23-17)18(25)22-8-9-24/h1-7,10,24H,8-9,11H2,(H,22,25). The van der Waals surface area contributed by atoms with Crippen molar-refractivity contribution in [3.05, 3.63) is 70.1 Å². The van der Waals surface area contributed by atoms with Gasteiger partial charge in [0, 0.05) is 18.2 Å². The van der Waals surface area contributed by atoms with Gasteiger partial charge in [0.05, 0.1) is 17.2 Å². The predicted molar refractivity (Wildman–Crippen MR) is 97.7 cm³/mol. The number of carbonyl (C=O) groups is 1. The zero-order valence-electron chi connectivity index (χ0n) is 14.1. The molecule has 0 aliphatic carbocycles. The number of amides is 1. The second-order valence-corrected chi connectivity index (χ2v) is 6.61. The van der Waals surface area contributed by atoms with Gasteiger partial charge >= 0.3 is 0 Å². The van der Waals surface area contributed by atoms with Crippen LogP contribution in [-0.2, 0) is 6.61 Å². The molecular formula is C19H16F2N2O3S. The molecule has 0 radical (unpaired) electrons. The largest absolute Gasteiger partial charge is 0.488 e. The van der Waals surface area contributed by atoms with E-state index in [1.807, 2.05) is 0 Å². The van der Waals surface area contributed by atoms with Crippen molar-refractivity contribution in [3.8, 4) is 17.0 Å². The number of aliphatic hydroxyl groups excluding tert-OH is 1. The summed E-state index contributed by atoms with van der Waals surface area (Å²) in [7, 11) is 0. The van der Waals surface area contributed by atoms with Gasteiger partial charge in [0.2, 0.25) is 0 Å². The molecular weight excluding hydrogens is 374 g/mol. The molecule has 0 saturated carbocycles. The first-order valence-corrected chi connectivity index (χ1v) is 8.91. The Bertz CT molecular complexity index is 929. The summed E-state index contributed by atoms with van der Waals surface area (Å²) in [5.74, 6) is -0.874. The second-order valence-electron chi connectivity index (χ2n) is 5.52. The Morgan fingerprint density at radius 2 is 1.93 bits per heavy atom. The van der Waals surface area contributed by atoms with Crippen LogP contribution in [0.25, 0.3) is 11.3 Å². The summed E-state index contributed by atoms with van der Waals surface area (Å²) in [5.41, 5.74) is 1.12. The van der Waals surface area contributed by atoms with E-state index in [2.05, 4.69) is 10.3 Å². The zero-order chi connectivity index (χ0) is 19.2. The van der Waals surface area contributed by atoms with Crippen LogP contribution in [0.1, 0.15) is 14.7 Å². The van der Waals surface area contributed by atoms with Gasteiger partial charge in [0.15, 0.2) is 5.01 Å². The van der Waals surface area contributed by atoms with Crippen LogP contribution in [0.3, 0.4) is 0 Å². The number of thiazole rings is 1. The summed E-state index contributed by atoms with van der Waals surface area (Å²) in [5, 5.41) is 11.6. The predicted octanol–water partition coefficient (Wildman–Crippen LogP) is 3.39. The fourth-order valence-corrected chi connectivity index (χ4v) is 3.24. The monoisotopic (exact) mass is 390 g/mol. The van der Waals surface area contributed by atoms with Crippen molar-refractivity contribution in [1.82, 2.24) is 10.3 Å². The fourth-order valence-electron chi connectivity index (χ4n) is 2.33. The highest BCUT2D eigenvalue weighted by atomic mass is 32.1. The summed E-state index contributed by atoms with van der Waals surface area (Å²) in [6.07, 6.45) is 0. The van der Waals surface area contributed by atoms with E-state index in [4.69, 9.17) is 9.84 Å². The lowest BCUT2D eigenvalue weighted by Crippen LogP contribution is -2.26. The summed E-state index contributed by atoms with van der Waals surface area (Å²) in [4.78, 5) is 17.1. The second kappa shape index (κ2) is 8.70. The highest BCUT2D eigenvalue weighted by Gasteiger charge is 2.18. The smallest absolute Gasteiger partial charge is 0.280 e. The SMILES string of the molecule is O=C(NCCO)c1nc(-c2ccc(F)cc2)c(COc2cccc(F)c2)s1. The average Bonchev–Trinajstić information content (AvgIpc) is 3.09. The molecule has 0 spiro atoms. The van der Waals surface area contributed by atoms with Crippen molar-refractivity contribution in [3.63, 3.8) is 0 Å². The Labute approximate surface area is 158 Å². The van der Waals surface area contributed by atoms with Crippen molar-refractivity contribution in [1.29, 1.82) is 0 Å². The third-order valence-electron chi connectivity index (χ3n) is 3.57. The van der Waals surface area contributed by atoms with E-state index < -0.39 is 11.7 Å². The summed E-state index contributed by atoms with van der Waals surface area (Å²) >= 11 is 1.12. The van der Waals surface area contributed by atoms with E-state index in [0.717, 1.165) is 11.3 Å². The third kappa shape index (κ3) is 4.87. The van der Waals surface area contributed by atoms with Crippen LogP contribution < -0.4 is 10.1 Å². The molecule has 0 saturated heterocycles. The molecule has 8 heteroatoms. The summed E-state index contributed by atoms with van der Waals surface area (Å²) in [6, 6.07) is 11.5. The van der Waals surface area contributed by atoms with E-state index in [1.54, 1.807) is 18.2 Å². The molecule has 1 heterocycles. The molecule has 0 unspecified atom stereocenters. The molecule has 2 N–H and O–H groups in total. The normalized spacial score (nSPS) is 10.6. The van der Waals surface area contributed by atoms with E-state index in [0.29, 0.717) is 21.9 Å². The first kappa shape index (κ1) is 18.9. The van der Waals surface area contributed by atoms with Crippen molar-refractivity contribution in [2.45, 2.75) is 6.61 Å². The third-order valence-corrected chi connectivity index (χ3v) is 4.60. The molecule has 1 aromatic heterocycles. The summed E-state index contributed by atoms with van der Waals surface area (Å²) in [6.45, 7) is -0.00198. The minimum Gasteiger partial charge on any atom is -0.488 e. The van der Waals surface area contributed by atoms with Gasteiger partial charge in [-0.15, -0.1) is 11.3 Å². The quantitative estimate of drug-likeness (QED) is 0.649. The van der Waals surface area contributed by atoms with Crippen LogP contribution in [0.15, 0.2) is 48.5 Å². The number of benzene rings is 2. The van der Waals surface area contributed by atoms with Crippen LogP contribution >= 0.6 is 11.3 Å². The highest BCUT2D eigenvalue weighted by Crippen LogP contribution is 2.30. The van der Waals surface area contributed by atoms with Gasteiger partial charge in [0.25, 0.3) is 5.91 Å². The Morgan fingerprint density at radius 3 is 2.63 bits per heavy atom. The lowest BCUT2D eigenvalue weighted by Gasteiger charge is -2.06. The maximum atomic E-state index is 13.3. The Balaban J connectivity index is 1.88. The first-order valence-electron chi connectivity index (χ1n) is 8.10. The first-order chi connectivity index (χ1) is 13.1. The number of ether oxygens (including phenoxy) is 1. The minimum atomic E-state index is -0.422. The van der Waals surface area contributed by atoms with Crippen molar-refractivity contribution in [2.75, 3.05) is 13.2 Å². The number of aliphatic hydroxyl groups is 1. The van der Waals surface area contributed by atoms with Crippen molar-refractivity contribution >= 4 is 17.2 Å².